The van der Waals surface area contributed by atoms with Crippen LogP contribution >= 0.6 is 0 Å². The maximum Gasteiger partial charge on any atom is 0.264 e. The summed E-state index contributed by atoms with van der Waals surface area (Å²) in [7, 11) is -2.51. The van der Waals surface area contributed by atoms with E-state index in [9.17, 15) is 18.0 Å². The van der Waals surface area contributed by atoms with Crippen molar-refractivity contribution >= 4 is 39.4 Å². The minimum atomic E-state index is -4.03. The number of anilines is 2. The van der Waals surface area contributed by atoms with Gasteiger partial charge in [0.05, 0.1) is 29.6 Å². The maximum absolute atomic E-state index is 13.5. The Bertz CT molecular complexity index is 1700. The van der Waals surface area contributed by atoms with E-state index in [1.54, 1.807) is 91.9 Å². The number of rotatable bonds is 12. The molecule has 11 heteroatoms. The van der Waals surface area contributed by atoms with Crippen molar-refractivity contribution in [1.29, 1.82) is 0 Å². The van der Waals surface area contributed by atoms with Gasteiger partial charge in [-0.15, -0.1) is 0 Å². The highest BCUT2D eigenvalue weighted by Crippen LogP contribution is 2.27. The van der Waals surface area contributed by atoms with Crippen molar-refractivity contribution < 1.29 is 27.5 Å². The van der Waals surface area contributed by atoms with Gasteiger partial charge in [0.25, 0.3) is 21.8 Å². The molecule has 0 radical (unpaired) electrons. The smallest absolute Gasteiger partial charge is 0.264 e. The number of amides is 2. The van der Waals surface area contributed by atoms with Crippen LogP contribution in [0.4, 0.5) is 11.4 Å². The van der Waals surface area contributed by atoms with Gasteiger partial charge < -0.3 is 14.8 Å². The van der Waals surface area contributed by atoms with E-state index in [0.29, 0.717) is 34.0 Å². The van der Waals surface area contributed by atoms with Crippen LogP contribution in [0, 0.1) is 13.8 Å². The van der Waals surface area contributed by atoms with E-state index in [2.05, 4.69) is 15.8 Å². The second-order valence-corrected chi connectivity index (χ2v) is 11.4. The molecule has 0 bridgehead atoms. The monoisotopic (exact) mass is 600 g/mol. The minimum Gasteiger partial charge on any atom is -0.495 e. The topological polar surface area (TPSA) is 126 Å². The maximum atomic E-state index is 13.5. The number of para-hydroxylation sites is 3. The van der Waals surface area contributed by atoms with Gasteiger partial charge in [-0.05, 0) is 79.6 Å². The van der Waals surface area contributed by atoms with E-state index in [4.69, 9.17) is 9.47 Å². The number of aryl methyl sites for hydroxylation is 2. The van der Waals surface area contributed by atoms with Crippen LogP contribution in [-0.4, -0.2) is 46.7 Å². The van der Waals surface area contributed by atoms with Gasteiger partial charge >= 0.3 is 0 Å². The Morgan fingerprint density at radius 3 is 2.23 bits per heavy atom. The number of carbonyl (C=O) groups excluding carboxylic acids is 2. The van der Waals surface area contributed by atoms with Crippen LogP contribution in [-0.2, 0) is 19.6 Å². The molecule has 2 N–H and O–H groups in total. The van der Waals surface area contributed by atoms with E-state index < -0.39 is 22.5 Å². The van der Waals surface area contributed by atoms with Gasteiger partial charge in [0.2, 0.25) is 0 Å². The Labute approximate surface area is 251 Å². The first-order valence-corrected chi connectivity index (χ1v) is 14.7. The molecule has 0 aliphatic carbocycles. The molecule has 0 unspecified atom stereocenters. The molecule has 4 aromatic carbocycles. The molecule has 0 spiro atoms. The van der Waals surface area contributed by atoms with Gasteiger partial charge in [0.15, 0.2) is 6.61 Å². The highest BCUT2D eigenvalue weighted by Gasteiger charge is 2.28. The molecule has 0 fully saturated rings. The molecule has 0 heterocycles. The molecule has 0 saturated carbocycles. The fourth-order valence-corrected chi connectivity index (χ4v) is 5.54. The molecule has 43 heavy (non-hydrogen) atoms. The fourth-order valence-electron chi connectivity index (χ4n) is 4.06. The number of hydrazone groups is 1. The molecular formula is C32H32N4O6S. The van der Waals surface area contributed by atoms with Crippen molar-refractivity contribution in [2.45, 2.75) is 18.7 Å². The third kappa shape index (κ3) is 8.20. The molecule has 0 aliphatic heterocycles. The molecule has 0 atom stereocenters. The highest BCUT2D eigenvalue weighted by molar-refractivity contribution is 7.92. The van der Waals surface area contributed by atoms with E-state index in [1.165, 1.54) is 25.5 Å². The first kappa shape index (κ1) is 30.8. The van der Waals surface area contributed by atoms with Crippen molar-refractivity contribution in [2.75, 3.05) is 29.9 Å². The standard InChI is InChI=1S/C32H32N4O6S/c1-23-12-18-27(19-13-23)43(39,40)36(29-10-6-4-8-24(29)2)21-31(37)35-33-20-25-14-16-26(17-15-25)42-22-32(38)34-28-9-5-7-11-30(28)41-3/h4-20H,21-22H2,1-3H3,(H,34,38)(H,35,37)/b33-20-. The zero-order chi connectivity index (χ0) is 30.8. The Morgan fingerprint density at radius 1 is 0.860 bits per heavy atom. The van der Waals surface area contributed by atoms with Gasteiger partial charge in [-0.1, -0.05) is 48.0 Å². The summed E-state index contributed by atoms with van der Waals surface area (Å²) in [6.45, 7) is 2.97. The van der Waals surface area contributed by atoms with Gasteiger partial charge in [-0.2, -0.15) is 5.10 Å². The third-order valence-corrected chi connectivity index (χ3v) is 8.09. The Kier molecular flexibility index (Phi) is 10.1. The lowest BCUT2D eigenvalue weighted by Gasteiger charge is -2.25. The van der Waals surface area contributed by atoms with E-state index in [0.717, 1.165) is 9.87 Å². The average Bonchev–Trinajstić information content (AvgIpc) is 3.00. The highest BCUT2D eigenvalue weighted by atomic mass is 32.2. The Balaban J connectivity index is 1.35. The van der Waals surface area contributed by atoms with Crippen LogP contribution in [0.15, 0.2) is 107 Å². The van der Waals surface area contributed by atoms with Gasteiger partial charge in [-0.3, -0.25) is 13.9 Å². The van der Waals surface area contributed by atoms with Crippen molar-refractivity contribution in [3.05, 3.63) is 114 Å². The van der Waals surface area contributed by atoms with Crippen molar-refractivity contribution in [1.82, 2.24) is 5.43 Å². The van der Waals surface area contributed by atoms with E-state index in [-0.39, 0.29) is 17.4 Å². The number of ether oxygens (including phenoxy) is 2. The van der Waals surface area contributed by atoms with Crippen molar-refractivity contribution in [2.24, 2.45) is 5.10 Å². The first-order chi connectivity index (χ1) is 20.7. The largest absolute Gasteiger partial charge is 0.495 e. The predicted octanol–water partition coefficient (Wildman–Crippen LogP) is 4.68. The summed E-state index contributed by atoms with van der Waals surface area (Å²) >= 11 is 0. The molecule has 0 aliphatic rings. The lowest BCUT2D eigenvalue weighted by Crippen LogP contribution is -2.40. The number of carbonyl (C=O) groups is 2. The second kappa shape index (κ2) is 14.1. The molecule has 4 aromatic rings. The number of nitrogens with zero attached hydrogens (tertiary/aromatic N) is 2. The van der Waals surface area contributed by atoms with E-state index in [1.807, 2.05) is 6.92 Å². The van der Waals surface area contributed by atoms with Crippen LogP contribution in [0.5, 0.6) is 11.5 Å². The quantitative estimate of drug-likeness (QED) is 0.180. The molecule has 0 aromatic heterocycles. The van der Waals surface area contributed by atoms with Gasteiger partial charge in [0.1, 0.15) is 18.0 Å². The zero-order valence-corrected chi connectivity index (χ0v) is 24.8. The lowest BCUT2D eigenvalue weighted by molar-refractivity contribution is -0.119. The minimum absolute atomic E-state index is 0.0808. The second-order valence-electron chi connectivity index (χ2n) is 9.51. The average molecular weight is 601 g/mol. The normalized spacial score (nSPS) is 11.1. The summed E-state index contributed by atoms with van der Waals surface area (Å²) in [5, 5.41) is 6.72. The predicted molar refractivity (Wildman–Crippen MR) is 166 cm³/mol. The summed E-state index contributed by atoms with van der Waals surface area (Å²) < 4.78 is 38.9. The number of nitrogens with one attached hydrogen (secondary N) is 2. The zero-order valence-electron chi connectivity index (χ0n) is 24.0. The van der Waals surface area contributed by atoms with Crippen LogP contribution in [0.3, 0.4) is 0 Å². The van der Waals surface area contributed by atoms with E-state index >= 15 is 0 Å². The Hall–Kier alpha value is -5.16. The van der Waals surface area contributed by atoms with Gasteiger partial charge in [-0.25, -0.2) is 13.8 Å². The van der Waals surface area contributed by atoms with Crippen molar-refractivity contribution in [3.63, 3.8) is 0 Å². The first-order valence-electron chi connectivity index (χ1n) is 13.3. The van der Waals surface area contributed by atoms with Crippen LogP contribution < -0.4 is 24.5 Å². The van der Waals surface area contributed by atoms with Crippen LogP contribution in [0.25, 0.3) is 0 Å². The number of benzene rings is 4. The Morgan fingerprint density at radius 2 is 1.53 bits per heavy atom. The SMILES string of the molecule is COc1ccccc1NC(=O)COc1ccc(/C=N\NC(=O)CN(c2ccccc2C)S(=O)(=O)c2ccc(C)cc2)cc1. The number of sulfonamides is 1. The molecular weight excluding hydrogens is 568 g/mol. The lowest BCUT2D eigenvalue weighted by atomic mass is 10.2. The summed E-state index contributed by atoms with van der Waals surface area (Å²) in [4.78, 5) is 25.2. The molecule has 4 rings (SSSR count). The summed E-state index contributed by atoms with van der Waals surface area (Å²) in [6, 6.07) is 27.2. The summed E-state index contributed by atoms with van der Waals surface area (Å²) in [5.41, 5.74) is 5.61. The fraction of sp³-hybridized carbons (Fsp3) is 0.156. The molecule has 222 valence electrons. The van der Waals surface area contributed by atoms with Gasteiger partial charge in [0, 0.05) is 0 Å². The number of hydrogen-bond donors (Lipinski definition) is 2. The molecule has 10 nitrogen and oxygen atoms in total. The molecule has 0 saturated heterocycles. The molecule has 2 amide bonds. The van der Waals surface area contributed by atoms with Crippen molar-refractivity contribution in [3.8, 4) is 11.5 Å². The third-order valence-electron chi connectivity index (χ3n) is 6.31. The number of hydrogen-bond acceptors (Lipinski definition) is 7. The summed E-state index contributed by atoms with van der Waals surface area (Å²) in [6.07, 6.45) is 1.42. The van der Waals surface area contributed by atoms with Crippen LogP contribution in [0.1, 0.15) is 16.7 Å². The summed E-state index contributed by atoms with van der Waals surface area (Å²) in [5.74, 6) is 0.0482. The van der Waals surface area contributed by atoms with Crippen LogP contribution in [0.2, 0.25) is 0 Å². The number of methoxy groups -OCH3 is 1.